The number of aryl methyl sites for hydroxylation is 1. The highest BCUT2D eigenvalue weighted by molar-refractivity contribution is 5.96. The van der Waals surface area contributed by atoms with E-state index in [9.17, 15) is 4.79 Å². The van der Waals surface area contributed by atoms with Gasteiger partial charge in [0, 0.05) is 41.3 Å². The molecule has 0 saturated carbocycles. The van der Waals surface area contributed by atoms with E-state index in [0.717, 1.165) is 36.2 Å². The summed E-state index contributed by atoms with van der Waals surface area (Å²) >= 11 is 0. The Hall–Kier alpha value is -4.30. The lowest BCUT2D eigenvalue weighted by Gasteiger charge is -2.26. The summed E-state index contributed by atoms with van der Waals surface area (Å²) in [6.07, 6.45) is 3.61. The number of Topliss-reactive ketones (excluding diaryl/α,β-unsaturated/α-hetero) is 1. The summed E-state index contributed by atoms with van der Waals surface area (Å²) in [5, 5.41) is 0. The van der Waals surface area contributed by atoms with Crippen LogP contribution in [-0.2, 0) is 6.42 Å². The number of fused-ring (bicyclic) bond motifs is 1. The standard InChI is InChI=1S/C36H32NO/c1-26-20-22-31(23-21-26)37-34(28-14-7-3-8-15-28)25-33(27-12-5-2-6-13-27)32-19-11-18-30(36(32)37)24-35(38)29-16-9-4-10-17-29/h2-10,12-17,20-23,25,30H,11,18-19,24H2,1H3/q+1. The molecule has 1 aliphatic rings. The number of pyridine rings is 1. The summed E-state index contributed by atoms with van der Waals surface area (Å²) in [5.74, 6) is 0.351. The second-order valence-electron chi connectivity index (χ2n) is 10.3. The quantitative estimate of drug-likeness (QED) is 0.172. The van der Waals surface area contributed by atoms with Crippen molar-refractivity contribution in [3.63, 3.8) is 0 Å². The van der Waals surface area contributed by atoms with Gasteiger partial charge in [-0.25, -0.2) is 0 Å². The predicted octanol–water partition coefficient (Wildman–Crippen LogP) is 8.30. The first-order chi connectivity index (χ1) is 18.7. The molecule has 0 aliphatic heterocycles. The van der Waals surface area contributed by atoms with Crippen molar-refractivity contribution in [1.29, 1.82) is 0 Å². The number of aromatic nitrogens is 1. The molecule has 0 bridgehead atoms. The Bertz CT molecular complexity index is 1560. The van der Waals surface area contributed by atoms with Gasteiger partial charge in [-0.2, -0.15) is 4.57 Å². The van der Waals surface area contributed by atoms with Crippen LogP contribution in [0.2, 0.25) is 0 Å². The summed E-state index contributed by atoms with van der Waals surface area (Å²) in [6.45, 7) is 2.13. The number of hydrogen-bond donors (Lipinski definition) is 0. The van der Waals surface area contributed by atoms with Crippen LogP contribution < -0.4 is 4.57 Å². The van der Waals surface area contributed by atoms with Gasteiger partial charge in [-0.05, 0) is 49.4 Å². The van der Waals surface area contributed by atoms with Crippen LogP contribution in [0.25, 0.3) is 28.1 Å². The molecule has 0 fully saturated rings. The summed E-state index contributed by atoms with van der Waals surface area (Å²) in [5.41, 5.74) is 10.7. The number of rotatable bonds is 6. The molecule has 0 amide bonds. The Balaban J connectivity index is 1.62. The molecule has 1 unspecified atom stereocenters. The highest BCUT2D eigenvalue weighted by Gasteiger charge is 2.37. The molecule has 1 aromatic heterocycles. The van der Waals surface area contributed by atoms with Gasteiger partial charge in [0.2, 0.25) is 11.4 Å². The lowest BCUT2D eigenvalue weighted by Crippen LogP contribution is -2.42. The van der Waals surface area contributed by atoms with Crippen molar-refractivity contribution in [3.05, 3.63) is 144 Å². The highest BCUT2D eigenvalue weighted by Crippen LogP contribution is 2.40. The first kappa shape index (κ1) is 24.1. The zero-order valence-electron chi connectivity index (χ0n) is 21.8. The SMILES string of the molecule is Cc1ccc(-[n+]2c(-c3ccccc3)cc(-c3ccccc3)c3c2C(CC(=O)c2ccccc2)CCC3)cc1. The number of hydrogen-bond acceptors (Lipinski definition) is 1. The number of benzene rings is 4. The third kappa shape index (κ3) is 4.70. The Labute approximate surface area is 225 Å². The Morgan fingerprint density at radius 3 is 2.03 bits per heavy atom. The van der Waals surface area contributed by atoms with Crippen molar-refractivity contribution in [3.8, 4) is 28.1 Å². The zero-order chi connectivity index (χ0) is 25.9. The third-order valence-electron chi connectivity index (χ3n) is 7.74. The normalized spacial score (nSPS) is 14.6. The second kappa shape index (κ2) is 10.6. The zero-order valence-corrected chi connectivity index (χ0v) is 21.8. The van der Waals surface area contributed by atoms with E-state index in [-0.39, 0.29) is 11.7 Å². The topological polar surface area (TPSA) is 20.9 Å². The molecule has 4 aromatic carbocycles. The van der Waals surface area contributed by atoms with Crippen LogP contribution in [0.5, 0.6) is 0 Å². The molecule has 1 aliphatic carbocycles. The van der Waals surface area contributed by atoms with Gasteiger partial charge >= 0.3 is 0 Å². The van der Waals surface area contributed by atoms with E-state index in [2.05, 4.69) is 102 Å². The van der Waals surface area contributed by atoms with E-state index in [4.69, 9.17) is 0 Å². The molecule has 2 nitrogen and oxygen atoms in total. The maximum atomic E-state index is 13.5. The second-order valence-corrected chi connectivity index (χ2v) is 10.3. The molecule has 1 atom stereocenters. The van der Waals surface area contributed by atoms with Crippen molar-refractivity contribution >= 4 is 5.78 Å². The number of carbonyl (C=O) groups excluding carboxylic acids is 1. The van der Waals surface area contributed by atoms with Gasteiger partial charge in [0.05, 0.1) is 5.92 Å². The Kier molecular flexibility index (Phi) is 6.71. The Morgan fingerprint density at radius 2 is 1.37 bits per heavy atom. The van der Waals surface area contributed by atoms with E-state index in [0.29, 0.717) is 6.42 Å². The van der Waals surface area contributed by atoms with E-state index in [1.165, 1.54) is 33.5 Å². The van der Waals surface area contributed by atoms with Crippen LogP contribution in [0.3, 0.4) is 0 Å². The maximum absolute atomic E-state index is 13.5. The van der Waals surface area contributed by atoms with Crippen molar-refractivity contribution in [2.24, 2.45) is 0 Å². The molecule has 6 rings (SSSR count). The molecule has 1 heterocycles. The van der Waals surface area contributed by atoms with Crippen LogP contribution in [0.4, 0.5) is 0 Å². The van der Waals surface area contributed by atoms with Crippen LogP contribution in [0, 0.1) is 6.92 Å². The molecule has 2 heteroatoms. The van der Waals surface area contributed by atoms with Gasteiger partial charge < -0.3 is 0 Å². The fourth-order valence-electron chi connectivity index (χ4n) is 5.88. The lowest BCUT2D eigenvalue weighted by atomic mass is 9.79. The van der Waals surface area contributed by atoms with Crippen molar-refractivity contribution in [1.82, 2.24) is 0 Å². The summed E-state index contributed by atoms with van der Waals surface area (Å²) in [4.78, 5) is 13.5. The number of ketones is 1. The third-order valence-corrected chi connectivity index (χ3v) is 7.74. The molecular weight excluding hydrogens is 462 g/mol. The van der Waals surface area contributed by atoms with Gasteiger partial charge in [-0.3, -0.25) is 4.79 Å². The van der Waals surface area contributed by atoms with Gasteiger partial charge in [0.1, 0.15) is 0 Å². The molecule has 0 radical (unpaired) electrons. The summed E-state index contributed by atoms with van der Waals surface area (Å²) in [7, 11) is 0. The minimum absolute atomic E-state index is 0.138. The predicted molar refractivity (Wildman–Crippen MR) is 155 cm³/mol. The van der Waals surface area contributed by atoms with E-state index in [1.807, 2.05) is 30.3 Å². The minimum Gasteiger partial charge on any atom is -0.294 e. The molecule has 0 N–H and O–H groups in total. The average Bonchev–Trinajstić information content (AvgIpc) is 2.98. The molecule has 0 spiro atoms. The van der Waals surface area contributed by atoms with Crippen molar-refractivity contribution in [2.75, 3.05) is 0 Å². The van der Waals surface area contributed by atoms with Crippen LogP contribution >= 0.6 is 0 Å². The van der Waals surface area contributed by atoms with E-state index >= 15 is 0 Å². The first-order valence-corrected chi connectivity index (χ1v) is 13.6. The summed E-state index contributed by atoms with van der Waals surface area (Å²) in [6, 6.07) is 42.3. The van der Waals surface area contributed by atoms with E-state index in [1.54, 1.807) is 0 Å². The van der Waals surface area contributed by atoms with Gasteiger partial charge in [0.25, 0.3) is 0 Å². The smallest absolute Gasteiger partial charge is 0.219 e. The van der Waals surface area contributed by atoms with Crippen LogP contribution in [0.15, 0.2) is 121 Å². The Morgan fingerprint density at radius 1 is 0.763 bits per heavy atom. The fraction of sp³-hybridized carbons (Fsp3) is 0.167. The summed E-state index contributed by atoms with van der Waals surface area (Å²) < 4.78 is 2.44. The van der Waals surface area contributed by atoms with E-state index < -0.39 is 0 Å². The first-order valence-electron chi connectivity index (χ1n) is 13.6. The number of nitrogens with zero attached hydrogens (tertiary/aromatic N) is 1. The van der Waals surface area contributed by atoms with Gasteiger partial charge in [-0.1, -0.05) is 96.6 Å². The molecule has 5 aromatic rings. The largest absolute Gasteiger partial charge is 0.294 e. The maximum Gasteiger partial charge on any atom is 0.219 e. The van der Waals surface area contributed by atoms with Gasteiger partial charge in [0.15, 0.2) is 11.5 Å². The molecule has 0 saturated heterocycles. The van der Waals surface area contributed by atoms with Crippen LogP contribution in [0.1, 0.15) is 52.4 Å². The van der Waals surface area contributed by atoms with Crippen LogP contribution in [-0.4, -0.2) is 5.78 Å². The van der Waals surface area contributed by atoms with Crippen molar-refractivity contribution in [2.45, 2.75) is 38.5 Å². The lowest BCUT2D eigenvalue weighted by molar-refractivity contribution is -0.595. The van der Waals surface area contributed by atoms with Gasteiger partial charge in [-0.15, -0.1) is 0 Å². The molecular formula is C36H32NO+. The highest BCUT2D eigenvalue weighted by atomic mass is 16.1. The molecule has 186 valence electrons. The number of carbonyl (C=O) groups is 1. The van der Waals surface area contributed by atoms with Crippen molar-refractivity contribution < 1.29 is 9.36 Å². The fourth-order valence-corrected chi connectivity index (χ4v) is 5.88. The molecule has 38 heavy (non-hydrogen) atoms. The minimum atomic E-state index is 0.138. The monoisotopic (exact) mass is 494 g/mol. The average molecular weight is 495 g/mol.